The number of fused-ring (bicyclic) bond motifs is 1. The molecule has 166 valence electrons. The van der Waals surface area contributed by atoms with E-state index in [1.165, 1.54) is 17.4 Å². The Kier molecular flexibility index (Phi) is 5.62. The number of hydrogen-bond donors (Lipinski definition) is 0. The fourth-order valence-corrected chi connectivity index (χ4v) is 4.82. The van der Waals surface area contributed by atoms with Crippen LogP contribution >= 0.6 is 11.3 Å². The second-order valence-electron chi connectivity index (χ2n) is 7.60. The van der Waals surface area contributed by atoms with E-state index in [4.69, 9.17) is 4.74 Å². The average Bonchev–Trinajstić information content (AvgIpc) is 3.28. The second kappa shape index (κ2) is 8.87. The number of nitro groups is 1. The highest BCUT2D eigenvalue weighted by atomic mass is 32.1. The van der Waals surface area contributed by atoms with Crippen LogP contribution in [-0.2, 0) is 0 Å². The third-order valence-corrected chi connectivity index (χ3v) is 6.58. The molecule has 1 aliphatic rings. The Morgan fingerprint density at radius 3 is 2.45 bits per heavy atom. The summed E-state index contributed by atoms with van der Waals surface area (Å²) in [6.07, 6.45) is 0. The van der Waals surface area contributed by atoms with Crippen molar-refractivity contribution in [3.05, 3.63) is 88.5 Å². The van der Waals surface area contributed by atoms with E-state index in [0.717, 1.165) is 15.3 Å². The number of nitrogens with zero attached hydrogens (tertiary/aromatic N) is 4. The fraction of sp³-hybridized carbons (Fsp3) is 0.167. The van der Waals surface area contributed by atoms with E-state index < -0.39 is 4.92 Å². The smallest absolute Gasteiger partial charge is 0.270 e. The number of rotatable bonds is 5. The third-order valence-electron chi connectivity index (χ3n) is 5.50. The molecule has 0 bridgehead atoms. The molecule has 0 unspecified atom stereocenters. The Hall–Kier alpha value is -3.98. The number of non-ortho nitro benzene ring substituents is 1. The van der Waals surface area contributed by atoms with Crippen molar-refractivity contribution in [3.63, 3.8) is 0 Å². The second-order valence-corrected chi connectivity index (χ2v) is 8.61. The summed E-state index contributed by atoms with van der Waals surface area (Å²) < 4.78 is 6.74. The zero-order valence-electron chi connectivity index (χ0n) is 17.6. The van der Waals surface area contributed by atoms with E-state index in [9.17, 15) is 14.9 Å². The highest BCUT2D eigenvalue weighted by Gasteiger charge is 2.26. The normalized spacial score (nSPS) is 13.8. The summed E-state index contributed by atoms with van der Waals surface area (Å²) in [5, 5.41) is 11.8. The minimum absolute atomic E-state index is 0.0597. The van der Waals surface area contributed by atoms with E-state index in [-0.39, 0.29) is 11.6 Å². The van der Waals surface area contributed by atoms with E-state index >= 15 is 0 Å². The fourth-order valence-electron chi connectivity index (χ4n) is 3.77. The molecule has 1 saturated heterocycles. The number of amides is 1. The number of nitro benzene ring substituents is 1. The number of carbonyl (C=O) groups is 1. The van der Waals surface area contributed by atoms with Crippen LogP contribution in [0, 0.1) is 10.1 Å². The van der Waals surface area contributed by atoms with Crippen molar-refractivity contribution in [2.45, 2.75) is 0 Å². The van der Waals surface area contributed by atoms with Crippen LogP contribution in [0.4, 0.5) is 10.8 Å². The predicted molar refractivity (Wildman–Crippen MR) is 127 cm³/mol. The molecule has 33 heavy (non-hydrogen) atoms. The number of aromatic nitrogens is 1. The quantitative estimate of drug-likeness (QED) is 0.309. The van der Waals surface area contributed by atoms with Gasteiger partial charge in [0.05, 0.1) is 20.7 Å². The summed E-state index contributed by atoms with van der Waals surface area (Å²) in [5.74, 6) is 1.14. The van der Waals surface area contributed by atoms with Gasteiger partial charge in [0.1, 0.15) is 11.5 Å². The molecule has 0 N–H and O–H groups in total. The Morgan fingerprint density at radius 1 is 0.970 bits per heavy atom. The van der Waals surface area contributed by atoms with Gasteiger partial charge in [-0.3, -0.25) is 14.9 Å². The number of piperazine rings is 1. The lowest BCUT2D eigenvalue weighted by Crippen LogP contribution is -2.48. The molecule has 0 aliphatic carbocycles. The van der Waals surface area contributed by atoms with Crippen LogP contribution in [0.2, 0.25) is 0 Å². The van der Waals surface area contributed by atoms with Crippen molar-refractivity contribution in [2.75, 3.05) is 31.1 Å². The van der Waals surface area contributed by atoms with E-state index in [2.05, 4.69) is 9.88 Å². The van der Waals surface area contributed by atoms with Crippen molar-refractivity contribution in [1.29, 1.82) is 0 Å². The number of thiazole rings is 1. The van der Waals surface area contributed by atoms with Crippen molar-refractivity contribution >= 4 is 38.3 Å². The lowest BCUT2D eigenvalue weighted by molar-refractivity contribution is -0.384. The first kappa shape index (κ1) is 20.9. The number of benzene rings is 3. The van der Waals surface area contributed by atoms with E-state index in [0.29, 0.717) is 43.2 Å². The molecule has 5 rings (SSSR count). The Labute approximate surface area is 193 Å². The molecule has 0 saturated carbocycles. The van der Waals surface area contributed by atoms with Gasteiger partial charge in [0.2, 0.25) is 0 Å². The highest BCUT2D eigenvalue weighted by molar-refractivity contribution is 7.22. The summed E-state index contributed by atoms with van der Waals surface area (Å²) in [6.45, 7) is 2.37. The molecular formula is C24H20N4O4S. The third kappa shape index (κ3) is 4.35. The predicted octanol–water partition coefficient (Wildman–Crippen LogP) is 4.96. The summed E-state index contributed by atoms with van der Waals surface area (Å²) in [5.41, 5.74) is 1.33. The van der Waals surface area contributed by atoms with Crippen molar-refractivity contribution in [3.8, 4) is 11.5 Å². The monoisotopic (exact) mass is 460 g/mol. The van der Waals surface area contributed by atoms with Gasteiger partial charge in [0, 0.05) is 38.3 Å². The zero-order valence-corrected chi connectivity index (χ0v) is 18.4. The van der Waals surface area contributed by atoms with Gasteiger partial charge in [-0.2, -0.15) is 0 Å². The Balaban J connectivity index is 1.28. The van der Waals surface area contributed by atoms with Gasteiger partial charge < -0.3 is 14.5 Å². The molecule has 0 spiro atoms. The summed E-state index contributed by atoms with van der Waals surface area (Å²) in [7, 11) is 0. The summed E-state index contributed by atoms with van der Waals surface area (Å²) >= 11 is 1.43. The average molecular weight is 461 g/mol. The zero-order chi connectivity index (χ0) is 22.8. The van der Waals surface area contributed by atoms with Gasteiger partial charge in [0.15, 0.2) is 5.13 Å². The molecular weight excluding hydrogens is 440 g/mol. The van der Waals surface area contributed by atoms with Crippen LogP contribution in [0.5, 0.6) is 11.5 Å². The minimum atomic E-state index is -0.400. The maximum absolute atomic E-state index is 13.2. The maximum Gasteiger partial charge on any atom is 0.270 e. The molecule has 1 fully saturated rings. The molecule has 2 heterocycles. The van der Waals surface area contributed by atoms with Gasteiger partial charge in [-0.15, -0.1) is 0 Å². The first-order valence-corrected chi connectivity index (χ1v) is 11.3. The van der Waals surface area contributed by atoms with Crippen molar-refractivity contribution in [1.82, 2.24) is 9.88 Å². The number of hydrogen-bond acceptors (Lipinski definition) is 7. The van der Waals surface area contributed by atoms with Gasteiger partial charge in [0.25, 0.3) is 11.6 Å². The van der Waals surface area contributed by atoms with Crippen LogP contribution < -0.4 is 9.64 Å². The molecule has 0 radical (unpaired) electrons. The Bertz CT molecular complexity index is 1320. The molecule has 1 aromatic heterocycles. The molecule has 0 atom stereocenters. The van der Waals surface area contributed by atoms with Gasteiger partial charge in [-0.05, 0) is 30.3 Å². The number of carbonyl (C=O) groups excluding carboxylic acids is 1. The SMILES string of the molecule is O=C(c1ccccc1Oc1ccccc1)N1CCN(c2nc3ccc([N+](=O)[O-])cc3s2)CC1. The van der Waals surface area contributed by atoms with Gasteiger partial charge in [-0.1, -0.05) is 41.7 Å². The first-order valence-electron chi connectivity index (χ1n) is 10.5. The standard InChI is InChI=1S/C24H20N4O4S/c29-23(19-8-4-5-9-21(19)32-18-6-2-1-3-7-18)26-12-14-27(15-13-26)24-25-20-11-10-17(28(30)31)16-22(20)33-24/h1-11,16H,12-15H2. The molecule has 9 heteroatoms. The van der Waals surface area contributed by atoms with Crippen molar-refractivity contribution in [2.24, 2.45) is 0 Å². The molecule has 3 aromatic carbocycles. The molecule has 1 amide bonds. The number of anilines is 1. The van der Waals surface area contributed by atoms with Crippen LogP contribution in [0.25, 0.3) is 10.2 Å². The molecule has 1 aliphatic heterocycles. The minimum Gasteiger partial charge on any atom is -0.457 e. The van der Waals surface area contributed by atoms with Gasteiger partial charge >= 0.3 is 0 Å². The topological polar surface area (TPSA) is 88.8 Å². The summed E-state index contributed by atoms with van der Waals surface area (Å²) in [4.78, 5) is 32.4. The van der Waals surface area contributed by atoms with Crippen molar-refractivity contribution < 1.29 is 14.5 Å². The lowest BCUT2D eigenvalue weighted by Gasteiger charge is -2.34. The van der Waals surface area contributed by atoms with Crippen LogP contribution in [0.15, 0.2) is 72.8 Å². The molecule has 4 aromatic rings. The van der Waals surface area contributed by atoms with Crippen LogP contribution in [0.3, 0.4) is 0 Å². The lowest BCUT2D eigenvalue weighted by atomic mass is 10.1. The molecule has 8 nitrogen and oxygen atoms in total. The van der Waals surface area contributed by atoms with E-state index in [1.807, 2.05) is 47.4 Å². The highest BCUT2D eigenvalue weighted by Crippen LogP contribution is 2.32. The largest absolute Gasteiger partial charge is 0.457 e. The maximum atomic E-state index is 13.2. The van der Waals surface area contributed by atoms with Gasteiger partial charge in [-0.25, -0.2) is 4.98 Å². The van der Waals surface area contributed by atoms with Crippen LogP contribution in [-0.4, -0.2) is 46.9 Å². The Morgan fingerprint density at radius 2 is 1.70 bits per heavy atom. The number of ether oxygens (including phenoxy) is 1. The number of para-hydroxylation sites is 2. The van der Waals surface area contributed by atoms with Crippen LogP contribution in [0.1, 0.15) is 10.4 Å². The van der Waals surface area contributed by atoms with E-state index in [1.54, 1.807) is 24.3 Å². The first-order chi connectivity index (χ1) is 16.1. The summed E-state index contributed by atoms with van der Waals surface area (Å²) in [6, 6.07) is 21.4.